The Kier molecular flexibility index (Phi) is 4.96. The number of nitrogens with zero attached hydrogens (tertiary/aromatic N) is 1. The van der Waals surface area contributed by atoms with E-state index in [-0.39, 0.29) is 6.04 Å². The van der Waals surface area contributed by atoms with Gasteiger partial charge in [0.25, 0.3) is 0 Å². The normalized spacial score (nSPS) is 14.1. The van der Waals surface area contributed by atoms with Crippen LogP contribution in [0.3, 0.4) is 0 Å². The molecule has 0 amide bonds. The lowest BCUT2D eigenvalue weighted by Crippen LogP contribution is -2.27. The summed E-state index contributed by atoms with van der Waals surface area (Å²) in [5.74, 6) is 0. The number of halogens is 2. The van der Waals surface area contributed by atoms with Gasteiger partial charge in [-0.1, -0.05) is 68.3 Å². The summed E-state index contributed by atoms with van der Waals surface area (Å²) in [6.07, 6.45) is 12.7. The molecule has 0 radical (unpaired) electrons. The Labute approximate surface area is 147 Å². The summed E-state index contributed by atoms with van der Waals surface area (Å²) < 4.78 is 2.17. The van der Waals surface area contributed by atoms with Crippen LogP contribution in [0.4, 0.5) is 11.4 Å². The van der Waals surface area contributed by atoms with E-state index in [1.807, 2.05) is 0 Å². The smallest absolute Gasteiger partial charge is 0.0712 e. The van der Waals surface area contributed by atoms with Crippen molar-refractivity contribution >= 4 is 43.2 Å². The van der Waals surface area contributed by atoms with Crippen LogP contribution in [0.25, 0.3) is 0 Å². The van der Waals surface area contributed by atoms with E-state index < -0.39 is 0 Å². The van der Waals surface area contributed by atoms with E-state index in [0.29, 0.717) is 0 Å². The zero-order valence-corrected chi connectivity index (χ0v) is 15.0. The third-order valence-electron chi connectivity index (χ3n) is 3.46. The molecule has 0 saturated heterocycles. The van der Waals surface area contributed by atoms with Crippen molar-refractivity contribution in [1.29, 1.82) is 0 Å². The summed E-state index contributed by atoms with van der Waals surface area (Å²) >= 11 is 7.01. The highest BCUT2D eigenvalue weighted by Gasteiger charge is 2.16. The molecule has 1 nitrogen and oxygen atoms in total. The van der Waals surface area contributed by atoms with Crippen molar-refractivity contribution in [3.05, 3.63) is 93.9 Å². The highest BCUT2D eigenvalue weighted by molar-refractivity contribution is 9.10. The van der Waals surface area contributed by atoms with E-state index >= 15 is 0 Å². The van der Waals surface area contributed by atoms with E-state index in [4.69, 9.17) is 0 Å². The Morgan fingerprint density at radius 1 is 0.591 bits per heavy atom. The molecule has 0 atom stereocenters. The van der Waals surface area contributed by atoms with Crippen molar-refractivity contribution in [2.75, 3.05) is 4.90 Å². The molecule has 0 heterocycles. The highest BCUT2D eigenvalue weighted by Crippen LogP contribution is 2.31. The third kappa shape index (κ3) is 3.60. The van der Waals surface area contributed by atoms with Crippen molar-refractivity contribution in [3.8, 4) is 0 Å². The predicted octanol–water partition coefficient (Wildman–Crippen LogP) is 6.40. The van der Waals surface area contributed by atoms with Gasteiger partial charge in [0, 0.05) is 20.3 Å². The average Bonchev–Trinajstić information content (AvgIpc) is 2.81. The van der Waals surface area contributed by atoms with Gasteiger partial charge in [0.05, 0.1) is 6.04 Å². The van der Waals surface area contributed by atoms with Crippen LogP contribution in [-0.4, -0.2) is 6.04 Å². The van der Waals surface area contributed by atoms with Gasteiger partial charge in [0.2, 0.25) is 0 Å². The SMILES string of the molecule is Brc1ccc(N(c2ccc(Br)cc2)C2C=CC=CC=C2)cc1. The minimum Gasteiger partial charge on any atom is -0.331 e. The molecule has 0 saturated carbocycles. The molecule has 3 heteroatoms. The molecule has 22 heavy (non-hydrogen) atoms. The summed E-state index contributed by atoms with van der Waals surface area (Å²) in [5.41, 5.74) is 2.32. The summed E-state index contributed by atoms with van der Waals surface area (Å²) in [5, 5.41) is 0. The molecule has 0 unspecified atom stereocenters. The molecule has 0 spiro atoms. The minimum atomic E-state index is 0.178. The van der Waals surface area contributed by atoms with Gasteiger partial charge in [-0.2, -0.15) is 0 Å². The lowest BCUT2D eigenvalue weighted by atomic mass is 10.1. The Bertz CT molecular complexity index is 651. The van der Waals surface area contributed by atoms with E-state index in [0.717, 1.165) is 20.3 Å². The van der Waals surface area contributed by atoms with Crippen LogP contribution >= 0.6 is 31.9 Å². The maximum atomic E-state index is 3.51. The zero-order chi connectivity index (χ0) is 15.4. The van der Waals surface area contributed by atoms with E-state index in [1.165, 1.54) is 0 Å². The van der Waals surface area contributed by atoms with Crippen LogP contribution in [0.2, 0.25) is 0 Å². The summed E-state index contributed by atoms with van der Waals surface area (Å²) in [7, 11) is 0. The van der Waals surface area contributed by atoms with Crippen molar-refractivity contribution in [2.24, 2.45) is 0 Å². The second-order valence-corrected chi connectivity index (χ2v) is 6.80. The lowest BCUT2D eigenvalue weighted by Gasteiger charge is -2.30. The first-order valence-corrected chi connectivity index (χ1v) is 8.65. The molecule has 0 bridgehead atoms. The zero-order valence-electron chi connectivity index (χ0n) is 11.9. The fraction of sp³-hybridized carbons (Fsp3) is 0.0526. The second-order valence-electron chi connectivity index (χ2n) is 4.97. The summed E-state index contributed by atoms with van der Waals surface area (Å²) in [4.78, 5) is 2.32. The number of hydrogen-bond acceptors (Lipinski definition) is 1. The average molecular weight is 417 g/mol. The van der Waals surface area contributed by atoms with E-state index in [2.05, 4.69) is 122 Å². The van der Waals surface area contributed by atoms with Crippen LogP contribution in [0, 0.1) is 0 Å². The van der Waals surface area contributed by atoms with Crippen molar-refractivity contribution in [2.45, 2.75) is 6.04 Å². The molecule has 2 aromatic rings. The molecule has 0 aromatic heterocycles. The van der Waals surface area contributed by atoms with E-state index in [1.54, 1.807) is 0 Å². The first-order valence-electron chi connectivity index (χ1n) is 7.06. The number of allylic oxidation sites excluding steroid dienone is 4. The van der Waals surface area contributed by atoms with Gasteiger partial charge in [0.15, 0.2) is 0 Å². The first-order chi connectivity index (χ1) is 10.7. The van der Waals surface area contributed by atoms with Gasteiger partial charge >= 0.3 is 0 Å². The van der Waals surface area contributed by atoms with Crippen molar-refractivity contribution in [1.82, 2.24) is 0 Å². The predicted molar refractivity (Wildman–Crippen MR) is 102 cm³/mol. The number of benzene rings is 2. The molecule has 1 aliphatic rings. The molecule has 2 aromatic carbocycles. The van der Waals surface area contributed by atoms with Crippen LogP contribution in [0.1, 0.15) is 0 Å². The molecule has 0 aliphatic heterocycles. The Hall–Kier alpha value is -1.58. The second kappa shape index (κ2) is 7.12. The van der Waals surface area contributed by atoms with Gasteiger partial charge < -0.3 is 4.90 Å². The summed E-state index contributed by atoms with van der Waals surface area (Å²) in [6.45, 7) is 0. The van der Waals surface area contributed by atoms with Crippen LogP contribution in [0.15, 0.2) is 93.9 Å². The van der Waals surface area contributed by atoms with Gasteiger partial charge in [-0.3, -0.25) is 0 Å². The maximum Gasteiger partial charge on any atom is 0.0712 e. The molecule has 110 valence electrons. The van der Waals surface area contributed by atoms with Crippen LogP contribution in [-0.2, 0) is 0 Å². The number of hydrogen-bond donors (Lipinski definition) is 0. The fourth-order valence-electron chi connectivity index (χ4n) is 2.42. The molecule has 0 N–H and O–H groups in total. The largest absolute Gasteiger partial charge is 0.331 e. The quantitative estimate of drug-likeness (QED) is 0.559. The first kappa shape index (κ1) is 15.3. The third-order valence-corrected chi connectivity index (χ3v) is 4.51. The highest BCUT2D eigenvalue weighted by atomic mass is 79.9. The summed E-state index contributed by atoms with van der Waals surface area (Å²) in [6, 6.07) is 17.0. The number of rotatable bonds is 3. The monoisotopic (exact) mass is 415 g/mol. The topological polar surface area (TPSA) is 3.24 Å². The Morgan fingerprint density at radius 2 is 1.00 bits per heavy atom. The molecular formula is C19H15Br2N. The maximum absolute atomic E-state index is 3.51. The molecule has 0 fully saturated rings. The minimum absolute atomic E-state index is 0.178. The van der Waals surface area contributed by atoms with Gasteiger partial charge in [-0.15, -0.1) is 0 Å². The van der Waals surface area contributed by atoms with Gasteiger partial charge in [-0.25, -0.2) is 0 Å². The van der Waals surface area contributed by atoms with Crippen molar-refractivity contribution in [3.63, 3.8) is 0 Å². The van der Waals surface area contributed by atoms with Crippen LogP contribution < -0.4 is 4.90 Å². The number of anilines is 2. The molecule has 3 rings (SSSR count). The van der Waals surface area contributed by atoms with Gasteiger partial charge in [-0.05, 0) is 48.5 Å². The standard InChI is InChI=1S/C19H15Br2N/c20-15-7-11-18(12-8-15)22(17-5-3-1-2-4-6-17)19-13-9-16(21)10-14-19/h1-14,17H. The Balaban J connectivity index is 2.05. The lowest BCUT2D eigenvalue weighted by molar-refractivity contribution is 0.944. The van der Waals surface area contributed by atoms with Crippen LogP contribution in [0.5, 0.6) is 0 Å². The fourth-order valence-corrected chi connectivity index (χ4v) is 2.95. The van der Waals surface area contributed by atoms with E-state index in [9.17, 15) is 0 Å². The Morgan fingerprint density at radius 3 is 1.41 bits per heavy atom. The van der Waals surface area contributed by atoms with Gasteiger partial charge in [0.1, 0.15) is 0 Å². The van der Waals surface area contributed by atoms with Crippen molar-refractivity contribution < 1.29 is 0 Å². The molecule has 1 aliphatic carbocycles. The molecular weight excluding hydrogens is 402 g/mol.